The first-order valence-electron chi connectivity index (χ1n) is 6.61. The van der Waals surface area contributed by atoms with E-state index in [4.69, 9.17) is 4.74 Å². The van der Waals surface area contributed by atoms with Crippen LogP contribution in [-0.2, 0) is 4.74 Å². The van der Waals surface area contributed by atoms with E-state index in [1.807, 2.05) is 12.1 Å². The predicted octanol–water partition coefficient (Wildman–Crippen LogP) is 2.35. The molecular weight excluding hydrogens is 322 g/mol. The molecule has 106 valence electrons. The minimum atomic E-state index is -0.705. The van der Waals surface area contributed by atoms with Gasteiger partial charge in [0, 0.05) is 49.5 Å². The van der Waals surface area contributed by atoms with E-state index < -0.39 is 5.60 Å². The third kappa shape index (κ3) is 2.92. The molecule has 0 aromatic carbocycles. The summed E-state index contributed by atoms with van der Waals surface area (Å²) in [7, 11) is 0. The third-order valence-electron chi connectivity index (χ3n) is 3.58. The second-order valence-electron chi connectivity index (χ2n) is 5.07. The van der Waals surface area contributed by atoms with Crippen LogP contribution in [0.5, 0.6) is 0 Å². The zero-order valence-electron chi connectivity index (χ0n) is 11.0. The average Bonchev–Trinajstić information content (AvgIpc) is 2.45. The van der Waals surface area contributed by atoms with Gasteiger partial charge in [-0.05, 0) is 28.1 Å². The van der Waals surface area contributed by atoms with Gasteiger partial charge in [0.2, 0.25) is 0 Å². The van der Waals surface area contributed by atoms with Crippen molar-refractivity contribution < 1.29 is 9.84 Å². The van der Waals surface area contributed by atoms with Crippen LogP contribution < -0.4 is 5.32 Å². The fraction of sp³-hybridized carbons (Fsp3) is 0.429. The second-order valence-corrected chi connectivity index (χ2v) is 5.99. The van der Waals surface area contributed by atoms with Gasteiger partial charge in [-0.25, -0.2) is 0 Å². The molecule has 1 fully saturated rings. The van der Waals surface area contributed by atoms with Crippen molar-refractivity contribution in [1.82, 2.24) is 9.97 Å². The number of halogens is 1. The van der Waals surface area contributed by atoms with Gasteiger partial charge in [0.25, 0.3) is 0 Å². The Morgan fingerprint density at radius 1 is 1.35 bits per heavy atom. The zero-order valence-corrected chi connectivity index (χ0v) is 12.6. The SMILES string of the molecule is OC1(CNc2ccnc3cc(Br)cnc23)CCOCC1. The van der Waals surface area contributed by atoms with Gasteiger partial charge in [0.1, 0.15) is 5.52 Å². The highest BCUT2D eigenvalue weighted by Gasteiger charge is 2.29. The van der Waals surface area contributed by atoms with E-state index in [9.17, 15) is 5.11 Å². The smallest absolute Gasteiger partial charge is 0.112 e. The van der Waals surface area contributed by atoms with E-state index in [1.165, 1.54) is 0 Å². The Labute approximate surface area is 125 Å². The Morgan fingerprint density at radius 3 is 2.95 bits per heavy atom. The van der Waals surface area contributed by atoms with Crippen LogP contribution in [0.3, 0.4) is 0 Å². The molecule has 5 nitrogen and oxygen atoms in total. The number of nitrogens with one attached hydrogen (secondary N) is 1. The quantitative estimate of drug-likeness (QED) is 0.899. The number of nitrogens with zero attached hydrogens (tertiary/aromatic N) is 2. The lowest BCUT2D eigenvalue weighted by Crippen LogP contribution is -2.42. The lowest BCUT2D eigenvalue weighted by atomic mass is 9.94. The highest BCUT2D eigenvalue weighted by molar-refractivity contribution is 9.10. The molecule has 2 aromatic heterocycles. The van der Waals surface area contributed by atoms with Crippen molar-refractivity contribution in [3.8, 4) is 0 Å². The van der Waals surface area contributed by atoms with Crippen LogP contribution >= 0.6 is 15.9 Å². The molecule has 6 heteroatoms. The molecule has 2 aromatic rings. The van der Waals surface area contributed by atoms with Crippen LogP contribution in [0.4, 0.5) is 5.69 Å². The summed E-state index contributed by atoms with van der Waals surface area (Å²) in [4.78, 5) is 8.69. The molecule has 0 atom stereocenters. The van der Waals surface area contributed by atoms with E-state index in [-0.39, 0.29) is 0 Å². The number of rotatable bonds is 3. The van der Waals surface area contributed by atoms with E-state index in [0.717, 1.165) is 21.2 Å². The van der Waals surface area contributed by atoms with Crippen molar-refractivity contribution in [2.45, 2.75) is 18.4 Å². The molecule has 0 amide bonds. The van der Waals surface area contributed by atoms with Crippen LogP contribution in [0.15, 0.2) is 29.0 Å². The van der Waals surface area contributed by atoms with Gasteiger partial charge in [-0.3, -0.25) is 9.97 Å². The summed E-state index contributed by atoms with van der Waals surface area (Å²) in [5.74, 6) is 0. The van der Waals surface area contributed by atoms with Crippen molar-refractivity contribution in [3.05, 3.63) is 29.0 Å². The molecule has 0 radical (unpaired) electrons. The number of pyridine rings is 2. The molecule has 3 rings (SSSR count). The lowest BCUT2D eigenvalue weighted by molar-refractivity contribution is -0.0543. The number of hydrogen-bond donors (Lipinski definition) is 2. The van der Waals surface area contributed by atoms with Crippen LogP contribution in [0.1, 0.15) is 12.8 Å². The van der Waals surface area contributed by atoms with Gasteiger partial charge in [-0.2, -0.15) is 0 Å². The zero-order chi connectivity index (χ0) is 14.0. The molecule has 0 saturated carbocycles. The summed E-state index contributed by atoms with van der Waals surface area (Å²) in [6.45, 7) is 1.72. The molecule has 1 saturated heterocycles. The third-order valence-corrected chi connectivity index (χ3v) is 4.01. The van der Waals surface area contributed by atoms with Gasteiger partial charge in [0.05, 0.1) is 16.8 Å². The van der Waals surface area contributed by atoms with Crippen molar-refractivity contribution in [3.63, 3.8) is 0 Å². The molecule has 1 aliphatic rings. The average molecular weight is 338 g/mol. The molecular formula is C14H16BrN3O2. The normalized spacial score (nSPS) is 18.1. The fourth-order valence-corrected chi connectivity index (χ4v) is 2.66. The van der Waals surface area contributed by atoms with Crippen molar-refractivity contribution >= 4 is 32.7 Å². The number of ether oxygens (including phenoxy) is 1. The van der Waals surface area contributed by atoms with E-state index in [1.54, 1.807) is 12.4 Å². The first-order chi connectivity index (χ1) is 9.66. The van der Waals surface area contributed by atoms with Crippen molar-refractivity contribution in [2.24, 2.45) is 0 Å². The number of anilines is 1. The lowest BCUT2D eigenvalue weighted by Gasteiger charge is -2.32. The largest absolute Gasteiger partial charge is 0.388 e. The van der Waals surface area contributed by atoms with Crippen LogP contribution in [0.2, 0.25) is 0 Å². The Bertz CT molecular complexity index is 614. The Hall–Kier alpha value is -1.24. The maximum Gasteiger partial charge on any atom is 0.112 e. The van der Waals surface area contributed by atoms with Crippen molar-refractivity contribution in [2.75, 3.05) is 25.1 Å². The standard InChI is InChI=1S/C14H16BrN3O2/c15-10-7-12-13(17-8-10)11(1-4-16-12)18-9-14(19)2-5-20-6-3-14/h1,4,7-8,19H,2-3,5-6,9H2,(H,16,18). The van der Waals surface area contributed by atoms with Crippen LogP contribution in [0, 0.1) is 0 Å². The predicted molar refractivity (Wildman–Crippen MR) is 80.7 cm³/mol. The van der Waals surface area contributed by atoms with E-state index in [2.05, 4.69) is 31.2 Å². The molecule has 0 aliphatic carbocycles. The minimum absolute atomic E-state index is 0.493. The Morgan fingerprint density at radius 2 is 2.15 bits per heavy atom. The summed E-state index contributed by atoms with van der Waals surface area (Å²) in [6, 6.07) is 3.81. The molecule has 0 unspecified atom stereocenters. The molecule has 2 N–H and O–H groups in total. The number of hydrogen-bond acceptors (Lipinski definition) is 5. The highest BCUT2D eigenvalue weighted by Crippen LogP contribution is 2.25. The molecule has 20 heavy (non-hydrogen) atoms. The van der Waals surface area contributed by atoms with Crippen LogP contribution in [0.25, 0.3) is 11.0 Å². The minimum Gasteiger partial charge on any atom is -0.388 e. The van der Waals surface area contributed by atoms with E-state index in [0.29, 0.717) is 32.6 Å². The van der Waals surface area contributed by atoms with Gasteiger partial charge in [-0.1, -0.05) is 0 Å². The molecule has 1 aliphatic heterocycles. The first-order valence-corrected chi connectivity index (χ1v) is 7.40. The second kappa shape index (κ2) is 5.63. The van der Waals surface area contributed by atoms with E-state index >= 15 is 0 Å². The van der Waals surface area contributed by atoms with Gasteiger partial charge >= 0.3 is 0 Å². The van der Waals surface area contributed by atoms with Crippen LogP contribution in [-0.4, -0.2) is 40.4 Å². The summed E-state index contributed by atoms with van der Waals surface area (Å²) < 4.78 is 6.19. The Kier molecular flexibility index (Phi) is 3.87. The number of aliphatic hydroxyl groups is 1. The maximum absolute atomic E-state index is 10.5. The fourth-order valence-electron chi connectivity index (χ4n) is 2.34. The summed E-state index contributed by atoms with van der Waals surface area (Å²) >= 11 is 3.39. The highest BCUT2D eigenvalue weighted by atomic mass is 79.9. The van der Waals surface area contributed by atoms with Gasteiger partial charge in [0.15, 0.2) is 0 Å². The summed E-state index contributed by atoms with van der Waals surface area (Å²) in [5.41, 5.74) is 1.82. The number of fused-ring (bicyclic) bond motifs is 1. The van der Waals surface area contributed by atoms with Gasteiger partial charge < -0.3 is 15.2 Å². The molecule has 0 bridgehead atoms. The van der Waals surface area contributed by atoms with Crippen molar-refractivity contribution in [1.29, 1.82) is 0 Å². The van der Waals surface area contributed by atoms with Gasteiger partial charge in [-0.15, -0.1) is 0 Å². The topological polar surface area (TPSA) is 67.3 Å². The Balaban J connectivity index is 1.80. The summed E-state index contributed by atoms with van der Waals surface area (Å²) in [6.07, 6.45) is 4.80. The molecule has 3 heterocycles. The monoisotopic (exact) mass is 337 g/mol. The summed E-state index contributed by atoms with van der Waals surface area (Å²) in [5, 5.41) is 13.8. The first kappa shape index (κ1) is 13.7. The maximum atomic E-state index is 10.5. The molecule has 0 spiro atoms. The number of aromatic nitrogens is 2.